The van der Waals surface area contributed by atoms with Crippen molar-refractivity contribution in [3.05, 3.63) is 0 Å². The third kappa shape index (κ3) is 6.39. The van der Waals surface area contributed by atoms with E-state index in [1.165, 1.54) is 5.75 Å². The zero-order chi connectivity index (χ0) is 7.82. The Balaban J connectivity index is 2.97. The number of hydrogen-bond acceptors (Lipinski definition) is 3. The number of hydrogen-bond donors (Lipinski definition) is 2. The summed E-state index contributed by atoms with van der Waals surface area (Å²) in [4.78, 5) is 0. The lowest BCUT2D eigenvalue weighted by Crippen LogP contribution is -2.35. The first kappa shape index (κ1) is 10.3. The Labute approximate surface area is 68.2 Å². The minimum atomic E-state index is 0.595. The number of thioether (sulfide) groups is 1. The summed E-state index contributed by atoms with van der Waals surface area (Å²) in [5.74, 6) is 1.20. The molecule has 2 N–H and O–H groups in total. The zero-order valence-electron chi connectivity index (χ0n) is 7.11. The Bertz CT molecular complexity index is 68.6. The van der Waals surface area contributed by atoms with Crippen LogP contribution < -0.4 is 10.6 Å². The van der Waals surface area contributed by atoms with Crippen molar-refractivity contribution in [2.45, 2.75) is 13.0 Å². The molecule has 0 radical (unpaired) electrons. The van der Waals surface area contributed by atoms with Crippen LogP contribution in [0.5, 0.6) is 0 Å². The van der Waals surface area contributed by atoms with Crippen molar-refractivity contribution in [2.75, 3.05) is 32.1 Å². The predicted octanol–water partition coefficient (Wildman–Crippen LogP) is 0.547. The largest absolute Gasteiger partial charge is 0.318 e. The SMILES string of the molecule is CNCC(C)NCCSC. The molecule has 0 aromatic carbocycles. The Morgan fingerprint density at radius 1 is 1.50 bits per heavy atom. The first-order valence-electron chi connectivity index (χ1n) is 3.68. The Morgan fingerprint density at radius 2 is 2.20 bits per heavy atom. The van der Waals surface area contributed by atoms with Gasteiger partial charge in [-0.05, 0) is 20.2 Å². The van der Waals surface area contributed by atoms with Crippen molar-refractivity contribution in [1.82, 2.24) is 10.6 Å². The molecule has 0 saturated heterocycles. The summed E-state index contributed by atoms with van der Waals surface area (Å²) < 4.78 is 0. The van der Waals surface area contributed by atoms with E-state index in [0.29, 0.717) is 6.04 Å². The molecule has 1 unspecified atom stereocenters. The molecule has 0 aliphatic carbocycles. The first-order valence-corrected chi connectivity index (χ1v) is 5.07. The van der Waals surface area contributed by atoms with Gasteiger partial charge in [0.2, 0.25) is 0 Å². The molecule has 0 fully saturated rings. The third-order valence-corrected chi connectivity index (χ3v) is 1.92. The van der Waals surface area contributed by atoms with Crippen LogP contribution in [0.1, 0.15) is 6.92 Å². The second-order valence-electron chi connectivity index (χ2n) is 2.41. The van der Waals surface area contributed by atoms with E-state index in [2.05, 4.69) is 23.8 Å². The van der Waals surface area contributed by atoms with Gasteiger partial charge >= 0.3 is 0 Å². The van der Waals surface area contributed by atoms with Crippen molar-refractivity contribution in [3.8, 4) is 0 Å². The fraction of sp³-hybridized carbons (Fsp3) is 1.00. The third-order valence-electron chi connectivity index (χ3n) is 1.31. The summed E-state index contributed by atoms with van der Waals surface area (Å²) in [6.45, 7) is 4.36. The zero-order valence-corrected chi connectivity index (χ0v) is 7.92. The lowest BCUT2D eigenvalue weighted by atomic mass is 10.3. The molecule has 0 spiro atoms. The summed E-state index contributed by atoms with van der Waals surface area (Å²) in [5, 5.41) is 6.53. The fourth-order valence-corrected chi connectivity index (χ4v) is 1.11. The van der Waals surface area contributed by atoms with Gasteiger partial charge in [0.15, 0.2) is 0 Å². The quantitative estimate of drug-likeness (QED) is 0.558. The first-order chi connectivity index (χ1) is 4.81. The van der Waals surface area contributed by atoms with E-state index in [0.717, 1.165) is 13.1 Å². The van der Waals surface area contributed by atoms with Gasteiger partial charge in [-0.1, -0.05) is 0 Å². The highest BCUT2D eigenvalue weighted by atomic mass is 32.2. The summed E-state index contributed by atoms with van der Waals surface area (Å²) in [5.41, 5.74) is 0. The van der Waals surface area contributed by atoms with Crippen molar-refractivity contribution in [1.29, 1.82) is 0 Å². The summed E-state index contributed by atoms with van der Waals surface area (Å²) in [6, 6.07) is 0.595. The minimum absolute atomic E-state index is 0.595. The van der Waals surface area contributed by atoms with Gasteiger partial charge in [0.1, 0.15) is 0 Å². The summed E-state index contributed by atoms with van der Waals surface area (Å²) >= 11 is 1.88. The number of likely N-dealkylation sites (N-methyl/N-ethyl adjacent to an activating group) is 1. The second kappa shape index (κ2) is 7.38. The molecule has 62 valence electrons. The molecule has 0 amide bonds. The Kier molecular flexibility index (Phi) is 7.58. The molecule has 0 aromatic heterocycles. The van der Waals surface area contributed by atoms with Gasteiger partial charge in [-0.15, -0.1) is 0 Å². The van der Waals surface area contributed by atoms with E-state index in [9.17, 15) is 0 Å². The van der Waals surface area contributed by atoms with Crippen LogP contribution in [0.15, 0.2) is 0 Å². The highest BCUT2D eigenvalue weighted by Gasteiger charge is 1.95. The van der Waals surface area contributed by atoms with Crippen LogP contribution in [0.2, 0.25) is 0 Å². The maximum absolute atomic E-state index is 3.40. The lowest BCUT2D eigenvalue weighted by molar-refractivity contribution is 0.541. The van der Waals surface area contributed by atoms with Gasteiger partial charge in [0.05, 0.1) is 0 Å². The molecule has 0 rings (SSSR count). The van der Waals surface area contributed by atoms with Crippen LogP contribution in [-0.2, 0) is 0 Å². The van der Waals surface area contributed by atoms with E-state index in [1.807, 2.05) is 18.8 Å². The fourth-order valence-electron chi connectivity index (χ4n) is 0.786. The van der Waals surface area contributed by atoms with Gasteiger partial charge in [-0.25, -0.2) is 0 Å². The molecule has 3 heteroatoms. The van der Waals surface area contributed by atoms with Crippen LogP contribution in [0.4, 0.5) is 0 Å². The molecular formula is C7H18N2S. The summed E-state index contributed by atoms with van der Waals surface area (Å²) in [7, 11) is 1.98. The molecule has 0 aliphatic rings. The smallest absolute Gasteiger partial charge is 0.0164 e. The van der Waals surface area contributed by atoms with Gasteiger partial charge in [-0.2, -0.15) is 11.8 Å². The average molecular weight is 162 g/mol. The minimum Gasteiger partial charge on any atom is -0.318 e. The lowest BCUT2D eigenvalue weighted by Gasteiger charge is -2.11. The van der Waals surface area contributed by atoms with E-state index >= 15 is 0 Å². The van der Waals surface area contributed by atoms with Crippen LogP contribution in [-0.4, -0.2) is 38.2 Å². The van der Waals surface area contributed by atoms with Gasteiger partial charge in [0, 0.05) is 24.9 Å². The average Bonchev–Trinajstić information content (AvgIpc) is 1.89. The maximum Gasteiger partial charge on any atom is 0.0164 e. The highest BCUT2D eigenvalue weighted by Crippen LogP contribution is 1.88. The standard InChI is InChI=1S/C7H18N2S/c1-7(6-8-2)9-4-5-10-3/h7-9H,4-6H2,1-3H3. The maximum atomic E-state index is 3.40. The van der Waals surface area contributed by atoms with E-state index in [1.54, 1.807) is 0 Å². The predicted molar refractivity (Wildman–Crippen MR) is 49.8 cm³/mol. The number of nitrogens with one attached hydrogen (secondary N) is 2. The molecule has 10 heavy (non-hydrogen) atoms. The van der Waals surface area contributed by atoms with Gasteiger partial charge in [-0.3, -0.25) is 0 Å². The molecule has 0 heterocycles. The molecule has 0 saturated carbocycles. The van der Waals surface area contributed by atoms with E-state index < -0.39 is 0 Å². The molecule has 2 nitrogen and oxygen atoms in total. The number of rotatable bonds is 6. The van der Waals surface area contributed by atoms with Crippen LogP contribution in [0.25, 0.3) is 0 Å². The monoisotopic (exact) mass is 162 g/mol. The van der Waals surface area contributed by atoms with Crippen LogP contribution in [0.3, 0.4) is 0 Å². The molecular weight excluding hydrogens is 144 g/mol. The second-order valence-corrected chi connectivity index (χ2v) is 3.39. The van der Waals surface area contributed by atoms with E-state index in [-0.39, 0.29) is 0 Å². The highest BCUT2D eigenvalue weighted by molar-refractivity contribution is 7.98. The normalized spacial score (nSPS) is 13.5. The van der Waals surface area contributed by atoms with Crippen molar-refractivity contribution < 1.29 is 0 Å². The van der Waals surface area contributed by atoms with E-state index in [4.69, 9.17) is 0 Å². The Hall–Kier alpha value is 0.270. The molecule has 0 bridgehead atoms. The molecule has 0 aromatic rings. The van der Waals surface area contributed by atoms with Crippen molar-refractivity contribution >= 4 is 11.8 Å². The molecule has 0 aliphatic heterocycles. The van der Waals surface area contributed by atoms with Crippen LogP contribution >= 0.6 is 11.8 Å². The topological polar surface area (TPSA) is 24.1 Å². The summed E-state index contributed by atoms with van der Waals surface area (Å²) in [6.07, 6.45) is 2.13. The van der Waals surface area contributed by atoms with Crippen molar-refractivity contribution in [2.24, 2.45) is 0 Å². The molecule has 1 atom stereocenters. The Morgan fingerprint density at radius 3 is 2.70 bits per heavy atom. The van der Waals surface area contributed by atoms with Crippen molar-refractivity contribution in [3.63, 3.8) is 0 Å². The van der Waals surface area contributed by atoms with Gasteiger partial charge < -0.3 is 10.6 Å². The van der Waals surface area contributed by atoms with Crippen LogP contribution in [0, 0.1) is 0 Å². The van der Waals surface area contributed by atoms with Gasteiger partial charge in [0.25, 0.3) is 0 Å².